The second-order valence-electron chi connectivity index (χ2n) is 3.56. The van der Waals surface area contributed by atoms with Crippen LogP contribution >= 0.6 is 0 Å². The van der Waals surface area contributed by atoms with Crippen LogP contribution in [-0.2, 0) is 5.60 Å². The minimum atomic E-state index is -0.102. The summed E-state index contributed by atoms with van der Waals surface area (Å²) < 4.78 is 5.70. The van der Waals surface area contributed by atoms with Gasteiger partial charge < -0.3 is 10.1 Å². The molecule has 68 valence electrons. The molecule has 1 fully saturated rings. The maximum Gasteiger partial charge on any atom is 0.240 e. The highest BCUT2D eigenvalue weighted by molar-refractivity contribution is 5.35. The van der Waals surface area contributed by atoms with Crippen LogP contribution in [0.15, 0.2) is 12.4 Å². The van der Waals surface area contributed by atoms with E-state index in [1.54, 1.807) is 12.4 Å². The minimum absolute atomic E-state index is 0.102. The molecule has 0 aromatic carbocycles. The lowest BCUT2D eigenvalue weighted by Gasteiger charge is -2.44. The fourth-order valence-corrected chi connectivity index (χ4v) is 2.07. The summed E-state index contributed by atoms with van der Waals surface area (Å²) >= 11 is 0. The van der Waals surface area contributed by atoms with Gasteiger partial charge in [0.15, 0.2) is 5.60 Å². The Bertz CT molecular complexity index is 333. The van der Waals surface area contributed by atoms with Crippen LogP contribution in [0.2, 0.25) is 0 Å². The highest BCUT2D eigenvalue weighted by atomic mass is 16.5. The molecule has 1 spiro atoms. The van der Waals surface area contributed by atoms with Crippen molar-refractivity contribution in [1.29, 1.82) is 0 Å². The third-order valence-electron chi connectivity index (χ3n) is 2.80. The van der Waals surface area contributed by atoms with Gasteiger partial charge in [0, 0.05) is 25.2 Å². The topological polar surface area (TPSA) is 47.0 Å². The van der Waals surface area contributed by atoms with Crippen molar-refractivity contribution >= 4 is 0 Å². The number of ether oxygens (including phenoxy) is 1. The van der Waals surface area contributed by atoms with E-state index in [0.717, 1.165) is 37.5 Å². The van der Waals surface area contributed by atoms with Gasteiger partial charge in [-0.3, -0.25) is 0 Å². The lowest BCUT2D eigenvalue weighted by Crippen LogP contribution is -2.50. The van der Waals surface area contributed by atoms with Gasteiger partial charge in [-0.15, -0.1) is 0 Å². The minimum Gasteiger partial charge on any atom is -0.463 e. The molecule has 3 heterocycles. The molecule has 1 aromatic heterocycles. The number of nitrogens with one attached hydrogen (secondary N) is 1. The van der Waals surface area contributed by atoms with Gasteiger partial charge >= 0.3 is 0 Å². The average molecular weight is 177 g/mol. The van der Waals surface area contributed by atoms with Crippen molar-refractivity contribution in [2.45, 2.75) is 18.4 Å². The fraction of sp³-hybridized carbons (Fsp3) is 0.556. The summed E-state index contributed by atoms with van der Waals surface area (Å²) in [5.74, 6) is 0.726. The number of nitrogens with zero attached hydrogens (tertiary/aromatic N) is 2. The largest absolute Gasteiger partial charge is 0.463 e. The van der Waals surface area contributed by atoms with Gasteiger partial charge in [-0.1, -0.05) is 0 Å². The van der Waals surface area contributed by atoms with Crippen molar-refractivity contribution < 1.29 is 4.74 Å². The standard InChI is InChI=1S/C9H11N3O/c1-3-10-4-2-9(1)7-8(13-9)12-6-5-11-7/h5-6,10H,1-4H2. The number of aromatic nitrogens is 2. The van der Waals surface area contributed by atoms with E-state index in [4.69, 9.17) is 4.74 Å². The zero-order valence-corrected chi connectivity index (χ0v) is 7.29. The predicted octanol–water partition coefficient (Wildman–Crippen LogP) is 0.448. The summed E-state index contributed by atoms with van der Waals surface area (Å²) in [4.78, 5) is 8.44. The number of hydrogen-bond acceptors (Lipinski definition) is 4. The Hall–Kier alpha value is -1.16. The van der Waals surface area contributed by atoms with Gasteiger partial charge in [-0.2, -0.15) is 0 Å². The van der Waals surface area contributed by atoms with Crippen molar-refractivity contribution in [3.63, 3.8) is 0 Å². The Labute approximate surface area is 76.3 Å². The molecule has 0 radical (unpaired) electrons. The number of piperidine rings is 1. The number of fused-ring (bicyclic) bond motifs is 2. The summed E-state index contributed by atoms with van der Waals surface area (Å²) in [6, 6.07) is 0. The van der Waals surface area contributed by atoms with E-state index in [9.17, 15) is 0 Å². The molecule has 0 amide bonds. The highest BCUT2D eigenvalue weighted by Crippen LogP contribution is 2.46. The van der Waals surface area contributed by atoms with E-state index in [-0.39, 0.29) is 5.60 Å². The normalized spacial score (nSPS) is 23.1. The van der Waals surface area contributed by atoms with Crippen LogP contribution in [0, 0.1) is 0 Å². The van der Waals surface area contributed by atoms with Gasteiger partial charge in [0.05, 0.1) is 0 Å². The van der Waals surface area contributed by atoms with Crippen molar-refractivity contribution in [3.8, 4) is 5.88 Å². The SMILES string of the molecule is c1cnc2c(n1)OC21CCNCC1. The van der Waals surface area contributed by atoms with Gasteiger partial charge in [0.25, 0.3) is 0 Å². The third-order valence-corrected chi connectivity index (χ3v) is 2.80. The Morgan fingerprint density at radius 2 is 2.00 bits per heavy atom. The zero-order chi connectivity index (χ0) is 8.73. The van der Waals surface area contributed by atoms with E-state index in [0.29, 0.717) is 0 Å². The Morgan fingerprint density at radius 3 is 2.77 bits per heavy atom. The molecule has 2 aliphatic heterocycles. The Morgan fingerprint density at radius 1 is 1.23 bits per heavy atom. The summed E-state index contributed by atoms with van der Waals surface area (Å²) in [6.07, 6.45) is 5.44. The van der Waals surface area contributed by atoms with Gasteiger partial charge in [0.2, 0.25) is 5.88 Å². The molecule has 1 aromatic rings. The van der Waals surface area contributed by atoms with Crippen molar-refractivity contribution in [1.82, 2.24) is 15.3 Å². The fourth-order valence-electron chi connectivity index (χ4n) is 2.07. The predicted molar refractivity (Wildman–Crippen MR) is 46.4 cm³/mol. The van der Waals surface area contributed by atoms with Crippen LogP contribution in [-0.4, -0.2) is 23.1 Å². The summed E-state index contributed by atoms with van der Waals surface area (Å²) in [6.45, 7) is 2.02. The molecular formula is C9H11N3O. The first-order chi connectivity index (χ1) is 6.41. The van der Waals surface area contributed by atoms with Crippen molar-refractivity contribution in [3.05, 3.63) is 18.1 Å². The van der Waals surface area contributed by atoms with E-state index >= 15 is 0 Å². The van der Waals surface area contributed by atoms with Crippen LogP contribution in [0.1, 0.15) is 18.5 Å². The Kier molecular flexibility index (Phi) is 1.35. The van der Waals surface area contributed by atoms with E-state index < -0.39 is 0 Å². The quantitative estimate of drug-likeness (QED) is 0.625. The monoisotopic (exact) mass is 177 g/mol. The molecule has 0 saturated carbocycles. The van der Waals surface area contributed by atoms with Gasteiger partial charge in [-0.25, -0.2) is 9.97 Å². The van der Waals surface area contributed by atoms with Crippen LogP contribution < -0.4 is 10.1 Å². The smallest absolute Gasteiger partial charge is 0.240 e. The molecule has 1 saturated heterocycles. The molecule has 0 atom stereocenters. The molecule has 0 unspecified atom stereocenters. The van der Waals surface area contributed by atoms with Crippen LogP contribution in [0.5, 0.6) is 5.88 Å². The maximum atomic E-state index is 5.70. The van der Waals surface area contributed by atoms with Crippen molar-refractivity contribution in [2.75, 3.05) is 13.1 Å². The van der Waals surface area contributed by atoms with Gasteiger partial charge in [-0.05, 0) is 13.1 Å². The molecule has 13 heavy (non-hydrogen) atoms. The second kappa shape index (κ2) is 2.42. The second-order valence-corrected chi connectivity index (χ2v) is 3.56. The lowest BCUT2D eigenvalue weighted by atomic mass is 9.85. The zero-order valence-electron chi connectivity index (χ0n) is 7.29. The number of rotatable bonds is 0. The van der Waals surface area contributed by atoms with E-state index in [2.05, 4.69) is 15.3 Å². The first-order valence-electron chi connectivity index (χ1n) is 4.62. The number of hydrogen-bond donors (Lipinski definition) is 1. The van der Waals surface area contributed by atoms with Crippen molar-refractivity contribution in [2.24, 2.45) is 0 Å². The van der Waals surface area contributed by atoms with Crippen LogP contribution in [0.4, 0.5) is 0 Å². The van der Waals surface area contributed by atoms with Crippen LogP contribution in [0.25, 0.3) is 0 Å². The third kappa shape index (κ3) is 0.891. The molecule has 0 bridgehead atoms. The molecule has 0 aliphatic carbocycles. The molecule has 3 rings (SSSR count). The summed E-state index contributed by atoms with van der Waals surface area (Å²) in [5, 5.41) is 3.31. The highest BCUT2D eigenvalue weighted by Gasteiger charge is 2.48. The van der Waals surface area contributed by atoms with Crippen LogP contribution in [0.3, 0.4) is 0 Å². The van der Waals surface area contributed by atoms with E-state index in [1.165, 1.54) is 0 Å². The molecule has 4 heteroatoms. The first-order valence-corrected chi connectivity index (χ1v) is 4.62. The molecule has 4 nitrogen and oxygen atoms in total. The lowest BCUT2D eigenvalue weighted by molar-refractivity contribution is -0.0275. The molecule has 2 aliphatic rings. The summed E-state index contributed by atoms with van der Waals surface area (Å²) in [5.41, 5.74) is 0.950. The molecular weight excluding hydrogens is 166 g/mol. The summed E-state index contributed by atoms with van der Waals surface area (Å²) in [7, 11) is 0. The molecule has 1 N–H and O–H groups in total. The Balaban J connectivity index is 1.97. The van der Waals surface area contributed by atoms with Gasteiger partial charge in [0.1, 0.15) is 5.69 Å². The maximum absolute atomic E-state index is 5.70. The first kappa shape index (κ1) is 7.26. The van der Waals surface area contributed by atoms with E-state index in [1.807, 2.05) is 0 Å². The average Bonchev–Trinajstić information content (AvgIpc) is 2.18.